The molecular formula is C24H24F3N3O5. The molecule has 8 nitrogen and oxygen atoms in total. The molecule has 0 saturated carbocycles. The van der Waals surface area contributed by atoms with Crippen LogP contribution in [-0.4, -0.2) is 42.9 Å². The van der Waals surface area contributed by atoms with Crippen molar-refractivity contribution < 1.29 is 37.1 Å². The summed E-state index contributed by atoms with van der Waals surface area (Å²) in [6, 6.07) is 8.89. The average Bonchev–Trinajstić information content (AvgIpc) is 3.24. The van der Waals surface area contributed by atoms with E-state index in [1.165, 1.54) is 11.8 Å². The lowest BCUT2D eigenvalue weighted by Gasteiger charge is -2.18. The van der Waals surface area contributed by atoms with Crippen LogP contribution >= 0.6 is 0 Å². The molecule has 0 spiro atoms. The molecule has 2 N–H and O–H groups in total. The van der Waals surface area contributed by atoms with E-state index in [-0.39, 0.29) is 18.9 Å². The highest BCUT2D eigenvalue weighted by molar-refractivity contribution is 6.00. The van der Waals surface area contributed by atoms with Crippen LogP contribution in [0.3, 0.4) is 0 Å². The van der Waals surface area contributed by atoms with E-state index in [0.717, 1.165) is 18.1 Å². The molecule has 3 rings (SSSR count). The number of nitrogens with one attached hydrogen (secondary N) is 2. The largest absolute Gasteiger partial charge is 0.452 e. The van der Waals surface area contributed by atoms with E-state index < -0.39 is 59.5 Å². The van der Waals surface area contributed by atoms with Crippen LogP contribution in [0.15, 0.2) is 36.4 Å². The molecular weight excluding hydrogens is 467 g/mol. The lowest BCUT2D eigenvalue weighted by atomic mass is 10.1. The highest BCUT2D eigenvalue weighted by Gasteiger charge is 2.37. The predicted octanol–water partition coefficient (Wildman–Crippen LogP) is 2.71. The van der Waals surface area contributed by atoms with Crippen molar-refractivity contribution in [2.24, 2.45) is 5.92 Å². The molecule has 1 aliphatic heterocycles. The number of carbonyl (C=O) groups is 4. The van der Waals surface area contributed by atoms with Crippen molar-refractivity contribution in [2.75, 3.05) is 23.3 Å². The molecule has 1 fully saturated rings. The fraction of sp³-hybridized carbons (Fsp3) is 0.333. The van der Waals surface area contributed by atoms with Gasteiger partial charge in [-0.1, -0.05) is 19.1 Å². The van der Waals surface area contributed by atoms with Gasteiger partial charge in [0.05, 0.1) is 18.2 Å². The molecule has 0 aliphatic carbocycles. The quantitative estimate of drug-likeness (QED) is 0.437. The fourth-order valence-corrected chi connectivity index (χ4v) is 3.48. The summed E-state index contributed by atoms with van der Waals surface area (Å²) in [6.45, 7) is 2.78. The maximum Gasteiger partial charge on any atom is 0.312 e. The van der Waals surface area contributed by atoms with Gasteiger partial charge in [0.2, 0.25) is 11.8 Å². The number of aryl methyl sites for hydroxylation is 1. The van der Waals surface area contributed by atoms with Gasteiger partial charge >= 0.3 is 5.97 Å². The van der Waals surface area contributed by atoms with Crippen LogP contribution in [0, 0.1) is 23.4 Å². The van der Waals surface area contributed by atoms with Gasteiger partial charge in [-0.2, -0.15) is 0 Å². The summed E-state index contributed by atoms with van der Waals surface area (Å²) < 4.78 is 45.0. The molecule has 1 heterocycles. The van der Waals surface area contributed by atoms with Crippen molar-refractivity contribution >= 4 is 35.1 Å². The monoisotopic (exact) mass is 491 g/mol. The predicted molar refractivity (Wildman–Crippen MR) is 120 cm³/mol. The Balaban J connectivity index is 1.48. The summed E-state index contributed by atoms with van der Waals surface area (Å²) in [5.74, 6) is -8.18. The standard InChI is InChI=1S/C24H24F3N3O5/c1-3-14-4-6-16(7-5-14)30-12-15(10-20(30)32)24(34)35-13(2)23(33)28-11-19(31)29-18-9-8-17(25)21(26)22(18)27/h4-9,13,15H,3,10-12H2,1-2H3,(H,28,33)(H,29,31)/t13-,15-/m0/s1. The second-order valence-corrected chi connectivity index (χ2v) is 7.99. The molecule has 186 valence electrons. The zero-order chi connectivity index (χ0) is 25.7. The van der Waals surface area contributed by atoms with Gasteiger partial charge in [-0.3, -0.25) is 19.2 Å². The number of anilines is 2. The molecule has 0 bridgehead atoms. The van der Waals surface area contributed by atoms with Crippen molar-refractivity contribution in [1.82, 2.24) is 5.32 Å². The molecule has 0 unspecified atom stereocenters. The van der Waals surface area contributed by atoms with Crippen LogP contribution < -0.4 is 15.5 Å². The molecule has 2 aromatic carbocycles. The number of nitrogens with zero attached hydrogens (tertiary/aromatic N) is 1. The maximum absolute atomic E-state index is 13.6. The Morgan fingerprint density at radius 1 is 1.09 bits per heavy atom. The Bertz CT molecular complexity index is 1140. The highest BCUT2D eigenvalue weighted by Crippen LogP contribution is 2.26. The Hall–Kier alpha value is -3.89. The third-order valence-electron chi connectivity index (χ3n) is 5.51. The van der Waals surface area contributed by atoms with Gasteiger partial charge in [0.25, 0.3) is 5.91 Å². The number of halogens is 3. The molecule has 0 aromatic heterocycles. The van der Waals surface area contributed by atoms with Crippen LogP contribution in [0.5, 0.6) is 0 Å². The number of ether oxygens (including phenoxy) is 1. The fourth-order valence-electron chi connectivity index (χ4n) is 3.48. The first-order chi connectivity index (χ1) is 16.6. The third-order valence-corrected chi connectivity index (χ3v) is 5.51. The van der Waals surface area contributed by atoms with Gasteiger partial charge in [0.1, 0.15) is 0 Å². The van der Waals surface area contributed by atoms with Crippen LogP contribution in [0.1, 0.15) is 25.8 Å². The SMILES string of the molecule is CCc1ccc(N2C[C@@H](C(=O)O[C@@H](C)C(=O)NCC(=O)Nc3ccc(F)c(F)c3F)CC2=O)cc1. The number of hydrogen-bond acceptors (Lipinski definition) is 5. The topological polar surface area (TPSA) is 105 Å². The van der Waals surface area contributed by atoms with Crippen LogP contribution in [0.4, 0.5) is 24.5 Å². The molecule has 35 heavy (non-hydrogen) atoms. The zero-order valence-corrected chi connectivity index (χ0v) is 19.1. The van der Waals surface area contributed by atoms with Crippen molar-refractivity contribution in [3.05, 3.63) is 59.4 Å². The molecule has 2 aromatic rings. The smallest absolute Gasteiger partial charge is 0.312 e. The van der Waals surface area contributed by atoms with Gasteiger partial charge in [-0.15, -0.1) is 0 Å². The van der Waals surface area contributed by atoms with Gasteiger partial charge in [0, 0.05) is 18.7 Å². The highest BCUT2D eigenvalue weighted by atomic mass is 19.2. The van der Waals surface area contributed by atoms with E-state index in [0.29, 0.717) is 11.8 Å². The summed E-state index contributed by atoms with van der Waals surface area (Å²) in [7, 11) is 0. The summed E-state index contributed by atoms with van der Waals surface area (Å²) in [5.41, 5.74) is 1.18. The van der Waals surface area contributed by atoms with Gasteiger partial charge in [-0.05, 0) is 43.2 Å². The number of rotatable bonds is 8. The number of esters is 1. The lowest BCUT2D eigenvalue weighted by Crippen LogP contribution is -2.41. The Labute approximate surface area is 199 Å². The first-order valence-electron chi connectivity index (χ1n) is 10.9. The Kier molecular flexibility index (Phi) is 8.10. The summed E-state index contributed by atoms with van der Waals surface area (Å²) in [5, 5.41) is 4.21. The first kappa shape index (κ1) is 25.7. The second kappa shape index (κ2) is 11.0. The van der Waals surface area contributed by atoms with Crippen molar-refractivity contribution in [3.63, 3.8) is 0 Å². The Morgan fingerprint density at radius 3 is 2.43 bits per heavy atom. The normalized spacial score (nSPS) is 16.1. The van der Waals surface area contributed by atoms with E-state index in [1.807, 2.05) is 24.4 Å². The molecule has 1 saturated heterocycles. The average molecular weight is 491 g/mol. The zero-order valence-electron chi connectivity index (χ0n) is 19.1. The first-order valence-corrected chi connectivity index (χ1v) is 10.9. The number of carbonyl (C=O) groups excluding carboxylic acids is 4. The van der Waals surface area contributed by atoms with Crippen molar-refractivity contribution in [1.29, 1.82) is 0 Å². The van der Waals surface area contributed by atoms with E-state index in [4.69, 9.17) is 4.74 Å². The second-order valence-electron chi connectivity index (χ2n) is 7.99. The van der Waals surface area contributed by atoms with E-state index in [1.54, 1.807) is 12.1 Å². The van der Waals surface area contributed by atoms with Crippen molar-refractivity contribution in [2.45, 2.75) is 32.8 Å². The van der Waals surface area contributed by atoms with E-state index in [9.17, 15) is 32.3 Å². The molecule has 1 aliphatic rings. The Morgan fingerprint density at radius 2 is 1.77 bits per heavy atom. The van der Waals surface area contributed by atoms with Crippen LogP contribution in [-0.2, 0) is 30.3 Å². The summed E-state index contributed by atoms with van der Waals surface area (Å²) in [6.07, 6.45) is -0.486. The lowest BCUT2D eigenvalue weighted by molar-refractivity contribution is -0.158. The molecule has 3 amide bonds. The van der Waals surface area contributed by atoms with Crippen molar-refractivity contribution in [3.8, 4) is 0 Å². The van der Waals surface area contributed by atoms with Crippen LogP contribution in [0.2, 0.25) is 0 Å². The number of benzene rings is 2. The molecule has 11 heteroatoms. The minimum atomic E-state index is -1.74. The number of amides is 3. The van der Waals surface area contributed by atoms with Gasteiger partial charge in [-0.25, -0.2) is 13.2 Å². The maximum atomic E-state index is 13.6. The van der Waals surface area contributed by atoms with Gasteiger partial charge < -0.3 is 20.3 Å². The van der Waals surface area contributed by atoms with Gasteiger partial charge in [0.15, 0.2) is 23.6 Å². The third kappa shape index (κ3) is 6.17. The summed E-state index contributed by atoms with van der Waals surface area (Å²) >= 11 is 0. The minimum Gasteiger partial charge on any atom is -0.452 e. The van der Waals surface area contributed by atoms with E-state index in [2.05, 4.69) is 5.32 Å². The summed E-state index contributed by atoms with van der Waals surface area (Å²) in [4.78, 5) is 50.5. The van der Waals surface area contributed by atoms with E-state index >= 15 is 0 Å². The number of hydrogen-bond donors (Lipinski definition) is 2. The van der Waals surface area contributed by atoms with Crippen LogP contribution in [0.25, 0.3) is 0 Å². The minimum absolute atomic E-state index is 0.0646. The molecule has 2 atom stereocenters. The molecule has 0 radical (unpaired) electrons.